The van der Waals surface area contributed by atoms with E-state index in [4.69, 9.17) is 4.74 Å². The van der Waals surface area contributed by atoms with Crippen molar-refractivity contribution in [1.29, 1.82) is 0 Å². The molecule has 8 heteroatoms. The van der Waals surface area contributed by atoms with E-state index in [1.807, 2.05) is 26.2 Å². The van der Waals surface area contributed by atoms with Crippen molar-refractivity contribution in [3.05, 3.63) is 42.7 Å². The molecular formula is C24H28FN5O2. The van der Waals surface area contributed by atoms with E-state index < -0.39 is 17.8 Å². The van der Waals surface area contributed by atoms with Gasteiger partial charge in [0.15, 0.2) is 6.17 Å². The number of phenolic OH excluding ortho intramolecular Hbond substituents is 1. The molecule has 3 aromatic rings. The van der Waals surface area contributed by atoms with E-state index >= 15 is 4.39 Å². The summed E-state index contributed by atoms with van der Waals surface area (Å²) >= 11 is 0. The van der Waals surface area contributed by atoms with Crippen molar-refractivity contribution in [3.8, 4) is 34.0 Å². The number of rotatable bonds is 4. The van der Waals surface area contributed by atoms with Crippen molar-refractivity contribution >= 4 is 0 Å². The van der Waals surface area contributed by atoms with Crippen LogP contribution in [-0.2, 0) is 7.05 Å². The lowest BCUT2D eigenvalue weighted by Crippen LogP contribution is -2.71. The molecular weight excluding hydrogens is 409 g/mol. The second-order valence-corrected chi connectivity index (χ2v) is 9.61. The fourth-order valence-electron chi connectivity index (χ4n) is 5.26. The number of aryl methyl sites for hydroxylation is 1. The molecule has 0 unspecified atom stereocenters. The van der Waals surface area contributed by atoms with Crippen molar-refractivity contribution in [2.75, 3.05) is 0 Å². The van der Waals surface area contributed by atoms with Crippen LogP contribution >= 0.6 is 0 Å². The second-order valence-electron chi connectivity index (χ2n) is 9.61. The summed E-state index contributed by atoms with van der Waals surface area (Å²) in [6.07, 6.45) is 5.34. The highest BCUT2D eigenvalue weighted by atomic mass is 19.1. The molecule has 4 heterocycles. The number of hydrogen-bond donors (Lipinski definition) is 2. The van der Waals surface area contributed by atoms with Crippen LogP contribution in [0.3, 0.4) is 0 Å². The first kappa shape index (κ1) is 20.9. The van der Waals surface area contributed by atoms with Gasteiger partial charge in [0, 0.05) is 42.4 Å². The van der Waals surface area contributed by atoms with E-state index in [1.54, 1.807) is 35.1 Å². The summed E-state index contributed by atoms with van der Waals surface area (Å²) < 4.78 is 22.9. The third-order valence-corrected chi connectivity index (χ3v) is 6.82. The normalized spacial score (nSPS) is 29.6. The maximum atomic E-state index is 15.3. The first-order chi connectivity index (χ1) is 15.2. The number of halogens is 1. The van der Waals surface area contributed by atoms with Crippen LogP contribution in [0, 0.1) is 0 Å². The van der Waals surface area contributed by atoms with Gasteiger partial charge in [-0.05, 0) is 56.9 Å². The third-order valence-electron chi connectivity index (χ3n) is 6.82. The Hall–Kier alpha value is -3.00. The van der Waals surface area contributed by atoms with Crippen molar-refractivity contribution in [3.63, 3.8) is 0 Å². The number of aromatic hydroxyl groups is 1. The van der Waals surface area contributed by atoms with Crippen LogP contribution in [0.5, 0.6) is 11.6 Å². The van der Waals surface area contributed by atoms with Crippen LogP contribution < -0.4 is 10.1 Å². The molecule has 0 aliphatic carbocycles. The smallest absolute Gasteiger partial charge is 0.233 e. The summed E-state index contributed by atoms with van der Waals surface area (Å²) in [5.74, 6) is 0.394. The van der Waals surface area contributed by atoms with E-state index in [1.165, 1.54) is 0 Å². The molecule has 2 aromatic heterocycles. The molecule has 2 N–H and O–H groups in total. The van der Waals surface area contributed by atoms with Gasteiger partial charge in [0.2, 0.25) is 5.88 Å². The van der Waals surface area contributed by atoms with Gasteiger partial charge in [-0.15, -0.1) is 10.2 Å². The number of nitrogens with one attached hydrogen (secondary N) is 1. The van der Waals surface area contributed by atoms with E-state index in [0.29, 0.717) is 23.6 Å². The van der Waals surface area contributed by atoms with Gasteiger partial charge in [-0.25, -0.2) is 4.39 Å². The summed E-state index contributed by atoms with van der Waals surface area (Å²) in [5.41, 5.74) is 2.15. The summed E-state index contributed by atoms with van der Waals surface area (Å²) in [6.45, 7) is 4.08. The van der Waals surface area contributed by atoms with Gasteiger partial charge in [0.05, 0.1) is 17.4 Å². The number of hydrogen-bond acceptors (Lipinski definition) is 6. The van der Waals surface area contributed by atoms with Gasteiger partial charge in [-0.1, -0.05) is 6.07 Å². The predicted octanol–water partition coefficient (Wildman–Crippen LogP) is 4.03. The SMILES string of the molecule is Cn1cc(-c2ccc(-c3ccc(O[C@H]4C[C@]5(C)CCC[C@@](C)(N5)[C@H]4F)nn3)c(O)c2)cn1. The molecule has 168 valence electrons. The fourth-order valence-corrected chi connectivity index (χ4v) is 5.26. The van der Waals surface area contributed by atoms with Gasteiger partial charge in [0.25, 0.3) is 0 Å². The molecule has 2 aliphatic heterocycles. The highest BCUT2D eigenvalue weighted by Gasteiger charge is 2.53. The van der Waals surface area contributed by atoms with E-state index in [-0.39, 0.29) is 11.3 Å². The van der Waals surface area contributed by atoms with Crippen LogP contribution in [0.4, 0.5) is 4.39 Å². The number of benzene rings is 1. The molecule has 2 bridgehead atoms. The van der Waals surface area contributed by atoms with Crippen LogP contribution in [-0.4, -0.2) is 48.4 Å². The number of alkyl halides is 1. The molecule has 5 rings (SSSR count). The minimum Gasteiger partial charge on any atom is -0.507 e. The van der Waals surface area contributed by atoms with Crippen molar-refractivity contribution in [1.82, 2.24) is 25.3 Å². The molecule has 2 aliphatic rings. The number of nitrogens with zero attached hydrogens (tertiary/aromatic N) is 4. The Kier molecular flexibility index (Phi) is 4.93. The number of fused-ring (bicyclic) bond motifs is 2. The number of phenols is 1. The van der Waals surface area contributed by atoms with E-state index in [9.17, 15) is 5.11 Å². The number of aromatic nitrogens is 4. The largest absolute Gasteiger partial charge is 0.507 e. The summed E-state index contributed by atoms with van der Waals surface area (Å²) in [5, 5.41) is 26.6. The zero-order chi connectivity index (χ0) is 22.5. The lowest BCUT2D eigenvalue weighted by molar-refractivity contribution is -0.0626. The number of piperidine rings is 2. The number of ether oxygens (including phenoxy) is 1. The highest BCUT2D eigenvalue weighted by Crippen LogP contribution is 2.42. The molecule has 4 atom stereocenters. The average Bonchev–Trinajstić information content (AvgIpc) is 3.19. The van der Waals surface area contributed by atoms with Crippen molar-refractivity contribution < 1.29 is 14.2 Å². The van der Waals surface area contributed by atoms with Crippen molar-refractivity contribution in [2.24, 2.45) is 7.05 Å². The summed E-state index contributed by atoms with van der Waals surface area (Å²) in [7, 11) is 1.85. The summed E-state index contributed by atoms with van der Waals surface area (Å²) in [4.78, 5) is 0. The molecule has 0 saturated carbocycles. The maximum absolute atomic E-state index is 15.3. The Morgan fingerprint density at radius 1 is 1.16 bits per heavy atom. The first-order valence-electron chi connectivity index (χ1n) is 11.0. The van der Waals surface area contributed by atoms with Crippen molar-refractivity contribution in [2.45, 2.75) is 62.9 Å². The van der Waals surface area contributed by atoms with Crippen LogP contribution in [0.15, 0.2) is 42.7 Å². The van der Waals surface area contributed by atoms with Gasteiger partial charge >= 0.3 is 0 Å². The van der Waals surface area contributed by atoms with Gasteiger partial charge in [-0.2, -0.15) is 5.10 Å². The van der Waals surface area contributed by atoms with E-state index in [0.717, 1.165) is 30.4 Å². The standard InChI is InChI=1S/C24H28FN5O2/c1-23-9-4-10-24(2,29-23)22(25)20(12-23)32-21-8-7-18(27-28-21)17-6-5-15(11-19(17)31)16-13-26-30(3)14-16/h5-8,11,13-14,20,22,29,31H,4,9-10,12H2,1-3H3/t20-,22-,23-,24+/m0/s1. The Morgan fingerprint density at radius 2 is 2.00 bits per heavy atom. The zero-order valence-corrected chi connectivity index (χ0v) is 18.5. The molecule has 32 heavy (non-hydrogen) atoms. The van der Waals surface area contributed by atoms with Gasteiger partial charge in [-0.3, -0.25) is 4.68 Å². The molecule has 0 amide bonds. The van der Waals surface area contributed by atoms with Crippen LogP contribution in [0.25, 0.3) is 22.4 Å². The maximum Gasteiger partial charge on any atom is 0.233 e. The van der Waals surface area contributed by atoms with E-state index in [2.05, 4.69) is 27.5 Å². The molecule has 2 saturated heterocycles. The Labute approximate surface area is 186 Å². The average molecular weight is 438 g/mol. The third kappa shape index (κ3) is 3.72. The molecule has 7 nitrogen and oxygen atoms in total. The fraction of sp³-hybridized carbons (Fsp3) is 0.458. The lowest BCUT2D eigenvalue weighted by atomic mass is 9.69. The quantitative estimate of drug-likeness (QED) is 0.641. The molecule has 0 spiro atoms. The molecule has 2 fully saturated rings. The molecule has 0 radical (unpaired) electrons. The van der Waals surface area contributed by atoms with Crippen LogP contribution in [0.2, 0.25) is 0 Å². The van der Waals surface area contributed by atoms with Gasteiger partial charge in [0.1, 0.15) is 11.9 Å². The Bertz CT molecular complexity index is 1130. The lowest BCUT2D eigenvalue weighted by Gasteiger charge is -2.54. The predicted molar refractivity (Wildman–Crippen MR) is 119 cm³/mol. The Morgan fingerprint density at radius 3 is 2.69 bits per heavy atom. The Balaban J connectivity index is 1.33. The minimum absolute atomic E-state index is 0.102. The monoisotopic (exact) mass is 437 g/mol. The first-order valence-corrected chi connectivity index (χ1v) is 11.0. The zero-order valence-electron chi connectivity index (χ0n) is 18.5. The topological polar surface area (TPSA) is 85.1 Å². The van der Waals surface area contributed by atoms with Crippen LogP contribution in [0.1, 0.15) is 39.5 Å². The second kappa shape index (κ2) is 7.55. The summed E-state index contributed by atoms with van der Waals surface area (Å²) in [6, 6.07) is 8.81. The van der Waals surface area contributed by atoms with Gasteiger partial charge < -0.3 is 15.2 Å². The highest BCUT2D eigenvalue weighted by molar-refractivity contribution is 5.73. The minimum atomic E-state index is -1.12. The molecule has 1 aromatic carbocycles.